The topological polar surface area (TPSA) is 64.9 Å². The number of nitrogens with two attached hydrogens (primary N) is 2. The zero-order chi connectivity index (χ0) is 9.42. The number of benzene rings is 1. The van der Waals surface area contributed by atoms with Gasteiger partial charge in [0.2, 0.25) is 0 Å². The summed E-state index contributed by atoms with van der Waals surface area (Å²) >= 11 is 4.27. The van der Waals surface area contributed by atoms with Crippen molar-refractivity contribution in [2.24, 2.45) is 0 Å². The highest BCUT2D eigenvalue weighted by atomic mass is 32.1. The molecule has 0 radical (unpaired) electrons. The molecule has 0 atom stereocenters. The van der Waals surface area contributed by atoms with Crippen LogP contribution in [-0.2, 0) is 0 Å². The summed E-state index contributed by atoms with van der Waals surface area (Å²) in [5.74, 6) is 0. The van der Waals surface area contributed by atoms with Crippen molar-refractivity contribution in [2.45, 2.75) is 4.90 Å². The lowest BCUT2D eigenvalue weighted by molar-refractivity contribution is 1.36. The van der Waals surface area contributed by atoms with Gasteiger partial charge in [-0.05, 0) is 18.2 Å². The van der Waals surface area contributed by atoms with Gasteiger partial charge in [0, 0.05) is 23.0 Å². The molecule has 0 saturated heterocycles. The van der Waals surface area contributed by atoms with Crippen LogP contribution in [-0.4, -0.2) is 4.98 Å². The molecule has 0 unspecified atom stereocenters. The van der Waals surface area contributed by atoms with Crippen LogP contribution in [0.4, 0.5) is 11.4 Å². The molecule has 0 amide bonds. The highest BCUT2D eigenvalue weighted by Gasteiger charge is 2.05. The Kier molecular flexibility index (Phi) is 1.77. The summed E-state index contributed by atoms with van der Waals surface area (Å²) in [5.41, 5.74) is 13.4. The maximum Gasteiger partial charge on any atom is 0.0876 e. The van der Waals surface area contributed by atoms with Crippen LogP contribution in [0.5, 0.6) is 0 Å². The van der Waals surface area contributed by atoms with E-state index in [1.165, 1.54) is 0 Å². The fourth-order valence-electron chi connectivity index (χ4n) is 1.28. The average Bonchev–Trinajstić information content (AvgIpc) is 2.15. The molecule has 1 heterocycles. The molecular formula is C9H9N3S. The zero-order valence-electron chi connectivity index (χ0n) is 6.86. The highest BCUT2D eigenvalue weighted by Crippen LogP contribution is 2.30. The smallest absolute Gasteiger partial charge is 0.0876 e. The van der Waals surface area contributed by atoms with E-state index in [9.17, 15) is 0 Å². The first-order valence-electron chi connectivity index (χ1n) is 3.82. The van der Waals surface area contributed by atoms with Crippen molar-refractivity contribution in [3.8, 4) is 0 Å². The van der Waals surface area contributed by atoms with Gasteiger partial charge in [0.25, 0.3) is 0 Å². The SMILES string of the molecule is Nc1cc(N)c2cccnc2c1S. The molecule has 0 aliphatic heterocycles. The van der Waals surface area contributed by atoms with E-state index in [0.717, 1.165) is 10.9 Å². The average molecular weight is 191 g/mol. The first kappa shape index (κ1) is 8.19. The zero-order valence-corrected chi connectivity index (χ0v) is 7.75. The van der Waals surface area contributed by atoms with Gasteiger partial charge in [-0.1, -0.05) is 0 Å². The molecule has 1 aromatic heterocycles. The number of fused-ring (bicyclic) bond motifs is 1. The lowest BCUT2D eigenvalue weighted by Gasteiger charge is -2.06. The number of hydrogen-bond acceptors (Lipinski definition) is 4. The van der Waals surface area contributed by atoms with Gasteiger partial charge in [-0.3, -0.25) is 4.98 Å². The van der Waals surface area contributed by atoms with E-state index in [0.29, 0.717) is 16.3 Å². The summed E-state index contributed by atoms with van der Waals surface area (Å²) in [6, 6.07) is 5.44. The summed E-state index contributed by atoms with van der Waals surface area (Å²) in [6.07, 6.45) is 1.70. The van der Waals surface area contributed by atoms with Crippen molar-refractivity contribution in [3.63, 3.8) is 0 Å². The lowest BCUT2D eigenvalue weighted by atomic mass is 10.1. The van der Waals surface area contributed by atoms with Crippen molar-refractivity contribution in [2.75, 3.05) is 11.5 Å². The molecule has 0 aliphatic carbocycles. The van der Waals surface area contributed by atoms with Gasteiger partial charge >= 0.3 is 0 Å². The minimum atomic E-state index is 0.562. The summed E-state index contributed by atoms with van der Waals surface area (Å²) in [6.45, 7) is 0. The molecule has 0 aliphatic rings. The molecule has 0 fully saturated rings. The Morgan fingerprint density at radius 3 is 2.77 bits per heavy atom. The van der Waals surface area contributed by atoms with Crippen LogP contribution in [0.2, 0.25) is 0 Å². The second-order valence-corrected chi connectivity index (χ2v) is 3.25. The van der Waals surface area contributed by atoms with E-state index in [-0.39, 0.29) is 0 Å². The first-order chi connectivity index (χ1) is 6.20. The van der Waals surface area contributed by atoms with Gasteiger partial charge in [-0.25, -0.2) is 0 Å². The highest BCUT2D eigenvalue weighted by molar-refractivity contribution is 7.80. The second kappa shape index (κ2) is 2.81. The van der Waals surface area contributed by atoms with Crippen LogP contribution in [0, 0.1) is 0 Å². The molecule has 0 bridgehead atoms. The Morgan fingerprint density at radius 1 is 1.23 bits per heavy atom. The molecule has 0 saturated carbocycles. The van der Waals surface area contributed by atoms with E-state index in [4.69, 9.17) is 11.5 Å². The van der Waals surface area contributed by atoms with Gasteiger partial charge < -0.3 is 11.5 Å². The monoisotopic (exact) mass is 191 g/mol. The first-order valence-corrected chi connectivity index (χ1v) is 4.26. The normalized spacial score (nSPS) is 10.5. The molecule has 0 spiro atoms. The van der Waals surface area contributed by atoms with Gasteiger partial charge in [0.15, 0.2) is 0 Å². The number of anilines is 2. The Labute approximate surface area is 81.2 Å². The van der Waals surface area contributed by atoms with Crippen molar-refractivity contribution >= 4 is 34.9 Å². The number of pyridine rings is 1. The van der Waals surface area contributed by atoms with Crippen molar-refractivity contribution in [1.29, 1.82) is 0 Å². The molecule has 3 nitrogen and oxygen atoms in total. The van der Waals surface area contributed by atoms with Crippen molar-refractivity contribution in [1.82, 2.24) is 4.98 Å². The van der Waals surface area contributed by atoms with Crippen LogP contribution in [0.15, 0.2) is 29.3 Å². The third kappa shape index (κ3) is 1.19. The standard InChI is InChI=1S/C9H9N3S/c10-6-4-7(11)9(13)8-5(6)2-1-3-12-8/h1-4,13H,10-11H2. The summed E-state index contributed by atoms with van der Waals surface area (Å²) in [4.78, 5) is 4.85. The Morgan fingerprint density at radius 2 is 2.00 bits per heavy atom. The summed E-state index contributed by atoms with van der Waals surface area (Å²) in [5, 5.41) is 0.890. The molecule has 2 aromatic rings. The van der Waals surface area contributed by atoms with E-state index in [1.54, 1.807) is 12.3 Å². The summed E-state index contributed by atoms with van der Waals surface area (Å²) in [7, 11) is 0. The Balaban J connectivity index is 2.97. The number of aromatic nitrogens is 1. The van der Waals surface area contributed by atoms with E-state index >= 15 is 0 Å². The fourth-order valence-corrected chi connectivity index (χ4v) is 1.52. The number of thiol groups is 1. The number of nitrogen functional groups attached to an aromatic ring is 2. The molecule has 13 heavy (non-hydrogen) atoms. The number of nitrogens with zero attached hydrogens (tertiary/aromatic N) is 1. The molecule has 4 heteroatoms. The second-order valence-electron chi connectivity index (χ2n) is 2.80. The van der Waals surface area contributed by atoms with Crippen LogP contribution in [0.1, 0.15) is 0 Å². The predicted molar refractivity (Wildman–Crippen MR) is 57.8 cm³/mol. The van der Waals surface area contributed by atoms with Crippen molar-refractivity contribution in [3.05, 3.63) is 24.4 Å². The van der Waals surface area contributed by atoms with E-state index < -0.39 is 0 Å². The van der Waals surface area contributed by atoms with Crippen LogP contribution < -0.4 is 11.5 Å². The van der Waals surface area contributed by atoms with Crippen LogP contribution in [0.3, 0.4) is 0 Å². The maximum absolute atomic E-state index is 5.77. The van der Waals surface area contributed by atoms with Crippen LogP contribution >= 0.6 is 12.6 Å². The number of hydrogen-bond donors (Lipinski definition) is 3. The number of rotatable bonds is 0. The third-order valence-electron chi connectivity index (χ3n) is 1.93. The third-order valence-corrected chi connectivity index (χ3v) is 2.40. The van der Waals surface area contributed by atoms with Gasteiger partial charge in [0.05, 0.1) is 10.4 Å². The van der Waals surface area contributed by atoms with Gasteiger partial charge in [-0.15, -0.1) is 12.6 Å². The van der Waals surface area contributed by atoms with E-state index in [2.05, 4.69) is 17.6 Å². The predicted octanol–water partition coefficient (Wildman–Crippen LogP) is 1.69. The van der Waals surface area contributed by atoms with Crippen LogP contribution in [0.25, 0.3) is 10.9 Å². The lowest BCUT2D eigenvalue weighted by Crippen LogP contribution is -1.94. The van der Waals surface area contributed by atoms with Crippen molar-refractivity contribution < 1.29 is 0 Å². The van der Waals surface area contributed by atoms with E-state index in [1.807, 2.05) is 12.1 Å². The van der Waals surface area contributed by atoms with Gasteiger partial charge in [0.1, 0.15) is 0 Å². The minimum Gasteiger partial charge on any atom is -0.398 e. The van der Waals surface area contributed by atoms with Gasteiger partial charge in [-0.2, -0.15) is 0 Å². The fraction of sp³-hybridized carbons (Fsp3) is 0. The molecular weight excluding hydrogens is 182 g/mol. The summed E-state index contributed by atoms with van der Waals surface area (Å²) < 4.78 is 0. The maximum atomic E-state index is 5.77. The minimum absolute atomic E-state index is 0.562. The quantitative estimate of drug-likeness (QED) is 0.438. The molecule has 1 aromatic carbocycles. The molecule has 4 N–H and O–H groups in total. The molecule has 2 rings (SSSR count). The molecule has 66 valence electrons. The Hall–Kier alpha value is -1.42. The Bertz CT molecular complexity index is 468. The largest absolute Gasteiger partial charge is 0.398 e.